The Balaban J connectivity index is 1.63. The number of benzene rings is 2. The zero-order valence-electron chi connectivity index (χ0n) is 21.6. The monoisotopic (exact) mass is 478 g/mol. The summed E-state index contributed by atoms with van der Waals surface area (Å²) in [5.74, 6) is -0.00560. The molecule has 6 nitrogen and oxygen atoms in total. The summed E-state index contributed by atoms with van der Waals surface area (Å²) in [5, 5.41) is 3.27. The van der Waals surface area contributed by atoms with Crippen LogP contribution in [0.1, 0.15) is 65.3 Å². The largest absolute Gasteiger partial charge is 0.382 e. The molecule has 0 saturated carbocycles. The summed E-state index contributed by atoms with van der Waals surface area (Å²) >= 11 is 0. The van der Waals surface area contributed by atoms with Crippen molar-refractivity contribution in [3.05, 3.63) is 70.3 Å². The lowest BCUT2D eigenvalue weighted by molar-refractivity contribution is -0.127. The van der Waals surface area contributed by atoms with Crippen LogP contribution >= 0.6 is 0 Å². The summed E-state index contributed by atoms with van der Waals surface area (Å²) in [6.07, 6.45) is 1.36. The topological polar surface area (TPSA) is 67.9 Å². The van der Waals surface area contributed by atoms with Gasteiger partial charge in [0, 0.05) is 37.1 Å². The van der Waals surface area contributed by atoms with E-state index in [9.17, 15) is 9.59 Å². The molecule has 0 radical (unpaired) electrons. The highest BCUT2D eigenvalue weighted by molar-refractivity contribution is 5.96. The molecule has 2 aromatic rings. The number of carbonyl (C=O) groups is 2. The van der Waals surface area contributed by atoms with Gasteiger partial charge in [-0.25, -0.2) is 0 Å². The number of piperidine rings is 1. The third-order valence-corrected chi connectivity index (χ3v) is 7.86. The maximum atomic E-state index is 13.4. The highest BCUT2D eigenvalue weighted by Crippen LogP contribution is 2.52. The Hall–Kier alpha value is -2.70. The Morgan fingerprint density at radius 2 is 1.77 bits per heavy atom. The fourth-order valence-corrected chi connectivity index (χ4v) is 5.66. The van der Waals surface area contributed by atoms with Crippen LogP contribution in [0.25, 0.3) is 0 Å². The average Bonchev–Trinajstić information content (AvgIpc) is 3.10. The Morgan fingerprint density at radius 1 is 1.06 bits per heavy atom. The minimum absolute atomic E-state index is 0.0183. The standard InChI is InChI=1S/C29H38N2O4/c1-19(2)27(32)30-25-23-10-6-7-12-24(23)29(26(25)35-18-17-34-5)13-15-31(16-14-29)28(33)22-11-8-9-20(3)21(22)4/h6-12,19,25-26H,13-18H2,1-5H3,(H,30,32)/t25-,26+/m1/s1. The lowest BCUT2D eigenvalue weighted by atomic mass is 9.71. The first kappa shape index (κ1) is 25.4. The molecule has 1 spiro atoms. The molecule has 1 fully saturated rings. The average molecular weight is 479 g/mol. The van der Waals surface area contributed by atoms with Crippen molar-refractivity contribution in [1.82, 2.24) is 10.2 Å². The molecule has 2 aliphatic rings. The zero-order valence-corrected chi connectivity index (χ0v) is 21.6. The minimum atomic E-state index is -0.266. The van der Waals surface area contributed by atoms with Crippen molar-refractivity contribution in [2.75, 3.05) is 33.4 Å². The molecule has 0 aromatic heterocycles. The first-order chi connectivity index (χ1) is 16.8. The van der Waals surface area contributed by atoms with Gasteiger partial charge in [0.25, 0.3) is 5.91 Å². The lowest BCUT2D eigenvalue weighted by Gasteiger charge is -2.44. The van der Waals surface area contributed by atoms with Gasteiger partial charge in [-0.1, -0.05) is 50.2 Å². The van der Waals surface area contributed by atoms with Gasteiger partial charge in [-0.2, -0.15) is 0 Å². The number of carbonyl (C=O) groups excluding carboxylic acids is 2. The summed E-state index contributed by atoms with van der Waals surface area (Å²) in [6.45, 7) is 10.1. The third kappa shape index (κ3) is 4.74. The number of hydrogen-bond donors (Lipinski definition) is 1. The number of likely N-dealkylation sites (tertiary alicyclic amines) is 1. The van der Waals surface area contributed by atoms with Crippen molar-refractivity contribution in [1.29, 1.82) is 0 Å². The Bertz CT molecular complexity index is 1070. The third-order valence-electron chi connectivity index (χ3n) is 7.86. The van der Waals surface area contributed by atoms with E-state index >= 15 is 0 Å². The number of hydrogen-bond acceptors (Lipinski definition) is 4. The van der Waals surface area contributed by atoms with E-state index in [0.717, 1.165) is 35.1 Å². The van der Waals surface area contributed by atoms with Gasteiger partial charge < -0.3 is 19.7 Å². The van der Waals surface area contributed by atoms with Gasteiger partial charge >= 0.3 is 0 Å². The summed E-state index contributed by atoms with van der Waals surface area (Å²) in [4.78, 5) is 28.2. The van der Waals surface area contributed by atoms with Crippen LogP contribution in [0, 0.1) is 19.8 Å². The zero-order chi connectivity index (χ0) is 25.2. The maximum Gasteiger partial charge on any atom is 0.254 e. The van der Waals surface area contributed by atoms with Crippen molar-refractivity contribution in [2.45, 2.75) is 58.1 Å². The molecule has 1 N–H and O–H groups in total. The Kier molecular flexibility index (Phi) is 7.62. The maximum absolute atomic E-state index is 13.4. The number of nitrogens with one attached hydrogen (secondary N) is 1. The van der Waals surface area contributed by atoms with Gasteiger partial charge in [-0.05, 0) is 55.0 Å². The first-order valence-corrected chi connectivity index (χ1v) is 12.7. The molecule has 188 valence electrons. The fraction of sp³-hybridized carbons (Fsp3) is 0.517. The van der Waals surface area contributed by atoms with Gasteiger partial charge in [0.05, 0.1) is 25.4 Å². The molecule has 4 rings (SSSR count). The molecule has 1 heterocycles. The second kappa shape index (κ2) is 10.5. The van der Waals surface area contributed by atoms with Crippen molar-refractivity contribution in [3.8, 4) is 0 Å². The summed E-state index contributed by atoms with van der Waals surface area (Å²) in [5.41, 5.74) is 5.04. The number of amides is 2. The number of nitrogens with zero attached hydrogens (tertiary/aromatic N) is 1. The van der Waals surface area contributed by atoms with Crippen molar-refractivity contribution >= 4 is 11.8 Å². The van der Waals surface area contributed by atoms with E-state index in [2.05, 4.69) is 23.5 Å². The number of ether oxygens (including phenoxy) is 2. The molecule has 1 aliphatic carbocycles. The molecule has 2 aromatic carbocycles. The number of methoxy groups -OCH3 is 1. The highest BCUT2D eigenvalue weighted by Gasteiger charge is 2.54. The van der Waals surface area contributed by atoms with E-state index in [1.54, 1.807) is 7.11 Å². The van der Waals surface area contributed by atoms with E-state index < -0.39 is 0 Å². The number of fused-ring (bicyclic) bond motifs is 2. The van der Waals surface area contributed by atoms with E-state index in [1.165, 1.54) is 5.56 Å². The summed E-state index contributed by atoms with van der Waals surface area (Å²) < 4.78 is 11.7. The van der Waals surface area contributed by atoms with Crippen molar-refractivity contribution < 1.29 is 19.1 Å². The van der Waals surface area contributed by atoms with Crippen LogP contribution in [0.3, 0.4) is 0 Å². The van der Waals surface area contributed by atoms with E-state index in [0.29, 0.717) is 26.3 Å². The predicted octanol–water partition coefficient (Wildman–Crippen LogP) is 4.34. The van der Waals surface area contributed by atoms with Gasteiger partial charge in [0.15, 0.2) is 0 Å². The molecule has 1 saturated heterocycles. The highest BCUT2D eigenvalue weighted by atomic mass is 16.5. The van der Waals surface area contributed by atoms with E-state index in [-0.39, 0.29) is 35.3 Å². The predicted molar refractivity (Wildman–Crippen MR) is 137 cm³/mol. The molecule has 35 heavy (non-hydrogen) atoms. The van der Waals surface area contributed by atoms with Gasteiger partial charge in [-0.15, -0.1) is 0 Å². The smallest absolute Gasteiger partial charge is 0.254 e. The van der Waals surface area contributed by atoms with Crippen molar-refractivity contribution in [3.63, 3.8) is 0 Å². The second-order valence-corrected chi connectivity index (χ2v) is 10.2. The van der Waals surface area contributed by atoms with Crippen LogP contribution in [0.15, 0.2) is 42.5 Å². The van der Waals surface area contributed by atoms with Crippen LogP contribution in [-0.4, -0.2) is 56.2 Å². The molecule has 2 amide bonds. The van der Waals surface area contributed by atoms with Crippen LogP contribution < -0.4 is 5.32 Å². The molecule has 0 bridgehead atoms. The van der Waals surface area contributed by atoms with Crippen LogP contribution in [0.5, 0.6) is 0 Å². The quantitative estimate of drug-likeness (QED) is 0.602. The van der Waals surface area contributed by atoms with Crippen molar-refractivity contribution in [2.24, 2.45) is 5.92 Å². The van der Waals surface area contributed by atoms with E-state index in [1.807, 2.05) is 56.9 Å². The van der Waals surface area contributed by atoms with Crippen LogP contribution in [-0.2, 0) is 19.7 Å². The normalized spacial score (nSPS) is 20.8. The van der Waals surface area contributed by atoms with Crippen LogP contribution in [0.4, 0.5) is 0 Å². The van der Waals surface area contributed by atoms with E-state index in [4.69, 9.17) is 9.47 Å². The summed E-state index contributed by atoms with van der Waals surface area (Å²) in [7, 11) is 1.66. The number of rotatable bonds is 7. The molecule has 6 heteroatoms. The lowest BCUT2D eigenvalue weighted by Crippen LogP contribution is -2.52. The first-order valence-electron chi connectivity index (χ1n) is 12.7. The Morgan fingerprint density at radius 3 is 2.46 bits per heavy atom. The molecule has 0 unspecified atom stereocenters. The van der Waals surface area contributed by atoms with Gasteiger partial charge in [0.1, 0.15) is 0 Å². The molecule has 1 aliphatic heterocycles. The van der Waals surface area contributed by atoms with Crippen LogP contribution in [0.2, 0.25) is 0 Å². The van der Waals surface area contributed by atoms with Gasteiger partial charge in [0.2, 0.25) is 5.91 Å². The molecule has 2 atom stereocenters. The number of aryl methyl sites for hydroxylation is 1. The second-order valence-electron chi connectivity index (χ2n) is 10.2. The van der Waals surface area contributed by atoms with Gasteiger partial charge in [-0.3, -0.25) is 9.59 Å². The summed E-state index contributed by atoms with van der Waals surface area (Å²) in [6, 6.07) is 14.1. The molecular weight excluding hydrogens is 440 g/mol. The fourth-order valence-electron chi connectivity index (χ4n) is 5.66. The SMILES string of the molecule is COCCO[C@H]1[C@H](NC(=O)C(C)C)c2ccccc2C12CCN(C(=O)c1cccc(C)c1C)CC2. The minimum Gasteiger partial charge on any atom is -0.382 e. The molecular formula is C29H38N2O4. The Labute approximate surface area is 209 Å².